The van der Waals surface area contributed by atoms with E-state index in [0.717, 1.165) is 0 Å². The normalized spacial score (nSPS) is 11.4. The van der Waals surface area contributed by atoms with E-state index in [2.05, 4.69) is 4.99 Å². The number of benzene rings is 1. The minimum Gasteiger partial charge on any atom is -0.482 e. The molecule has 0 heterocycles. The predicted molar refractivity (Wildman–Crippen MR) is 64.0 cm³/mol. The summed E-state index contributed by atoms with van der Waals surface area (Å²) in [5.41, 5.74) is 5.80. The number of amidine groups is 1. The molecule has 1 rings (SSSR count). The largest absolute Gasteiger partial charge is 0.482 e. The highest BCUT2D eigenvalue weighted by Crippen LogP contribution is 2.13. The molecule has 0 aliphatic rings. The third kappa shape index (κ3) is 3.53. The van der Waals surface area contributed by atoms with E-state index in [0.29, 0.717) is 5.56 Å². The van der Waals surface area contributed by atoms with E-state index in [1.165, 1.54) is 32.4 Å². The molecule has 0 bridgehead atoms. The Kier molecular flexibility index (Phi) is 4.59. The Balaban J connectivity index is 2.92. The van der Waals surface area contributed by atoms with Gasteiger partial charge < -0.3 is 15.2 Å². The lowest BCUT2D eigenvalue weighted by Crippen LogP contribution is -2.12. The van der Waals surface area contributed by atoms with Crippen molar-refractivity contribution in [2.75, 3.05) is 26.6 Å². The third-order valence-electron chi connectivity index (χ3n) is 2.01. The van der Waals surface area contributed by atoms with Gasteiger partial charge in [0.15, 0.2) is 5.84 Å². The van der Waals surface area contributed by atoms with Crippen LogP contribution < -0.4 is 5.73 Å². The van der Waals surface area contributed by atoms with Gasteiger partial charge in [-0.3, -0.25) is 5.41 Å². The third-order valence-corrected chi connectivity index (χ3v) is 2.01. The zero-order valence-corrected chi connectivity index (χ0v) is 9.66. The minimum atomic E-state index is -0.519. The molecule has 0 unspecified atom stereocenters. The molecule has 17 heavy (non-hydrogen) atoms. The van der Waals surface area contributed by atoms with Crippen molar-refractivity contribution in [1.82, 2.24) is 0 Å². The summed E-state index contributed by atoms with van der Waals surface area (Å²) >= 11 is 0. The minimum absolute atomic E-state index is 0.0202. The monoisotopic (exact) mass is 239 g/mol. The zero-order chi connectivity index (χ0) is 12.8. The van der Waals surface area contributed by atoms with Gasteiger partial charge in [-0.15, -0.1) is 0 Å². The van der Waals surface area contributed by atoms with Crippen LogP contribution in [0.3, 0.4) is 0 Å². The van der Waals surface area contributed by atoms with Crippen LogP contribution in [0.1, 0.15) is 5.56 Å². The molecule has 92 valence electrons. The van der Waals surface area contributed by atoms with Crippen molar-refractivity contribution in [2.24, 2.45) is 4.99 Å². The van der Waals surface area contributed by atoms with E-state index in [1.807, 2.05) is 0 Å². The summed E-state index contributed by atoms with van der Waals surface area (Å²) < 4.78 is 22.7. The Labute approximate surface area is 98.6 Å². The van der Waals surface area contributed by atoms with E-state index in [1.54, 1.807) is 0 Å². The molecule has 0 radical (unpaired) electrons. The average Bonchev–Trinajstić information content (AvgIpc) is 2.31. The summed E-state index contributed by atoms with van der Waals surface area (Å²) in [7, 11) is 2.93. The molecular formula is C11H14FN3O2. The van der Waals surface area contributed by atoms with Crippen molar-refractivity contribution in [1.29, 1.82) is 5.41 Å². The number of ether oxygens (including phenoxy) is 2. The van der Waals surface area contributed by atoms with Crippen LogP contribution >= 0.6 is 0 Å². The number of nitrogen functional groups attached to an aromatic ring is 1. The maximum Gasteiger partial charge on any atom is 0.216 e. The zero-order valence-electron chi connectivity index (χ0n) is 9.66. The summed E-state index contributed by atoms with van der Waals surface area (Å²) in [4.78, 5) is 3.90. The predicted octanol–water partition coefficient (Wildman–Crippen LogP) is 1.42. The van der Waals surface area contributed by atoms with Gasteiger partial charge in [0.2, 0.25) is 5.90 Å². The molecule has 0 amide bonds. The lowest BCUT2D eigenvalue weighted by Gasteiger charge is -2.05. The highest BCUT2D eigenvalue weighted by molar-refractivity contribution is 6.04. The average molecular weight is 239 g/mol. The van der Waals surface area contributed by atoms with E-state index in [9.17, 15) is 4.39 Å². The first-order valence-electron chi connectivity index (χ1n) is 4.83. The van der Waals surface area contributed by atoms with E-state index < -0.39 is 5.82 Å². The lowest BCUT2D eigenvalue weighted by molar-refractivity contribution is 0.219. The molecule has 0 aromatic heterocycles. The first-order chi connectivity index (χ1) is 8.08. The first kappa shape index (κ1) is 13.1. The van der Waals surface area contributed by atoms with Gasteiger partial charge in [0.1, 0.15) is 12.4 Å². The van der Waals surface area contributed by atoms with E-state index in [4.69, 9.17) is 20.6 Å². The molecule has 0 atom stereocenters. The van der Waals surface area contributed by atoms with Crippen molar-refractivity contribution < 1.29 is 13.9 Å². The van der Waals surface area contributed by atoms with Crippen LogP contribution in [0.2, 0.25) is 0 Å². The Bertz CT molecular complexity index is 446. The summed E-state index contributed by atoms with van der Waals surface area (Å²) in [6.07, 6.45) is 0. The number of nitrogens with two attached hydrogens (primary N) is 1. The van der Waals surface area contributed by atoms with Crippen LogP contribution in [-0.2, 0) is 9.47 Å². The molecule has 0 spiro atoms. The van der Waals surface area contributed by atoms with Crippen molar-refractivity contribution in [3.05, 3.63) is 29.6 Å². The van der Waals surface area contributed by atoms with Crippen LogP contribution in [0.15, 0.2) is 23.2 Å². The number of nitrogens with one attached hydrogen (secondary N) is 1. The van der Waals surface area contributed by atoms with Gasteiger partial charge in [0.05, 0.1) is 12.8 Å². The van der Waals surface area contributed by atoms with Crippen LogP contribution in [0.4, 0.5) is 10.1 Å². The van der Waals surface area contributed by atoms with Gasteiger partial charge in [0.25, 0.3) is 0 Å². The van der Waals surface area contributed by atoms with Gasteiger partial charge in [-0.25, -0.2) is 4.39 Å². The van der Waals surface area contributed by atoms with Gasteiger partial charge in [-0.2, -0.15) is 4.99 Å². The number of aliphatic imine (C=N–C) groups is 1. The number of anilines is 1. The number of rotatable bonds is 3. The van der Waals surface area contributed by atoms with Crippen molar-refractivity contribution in [2.45, 2.75) is 0 Å². The smallest absolute Gasteiger partial charge is 0.216 e. The molecule has 0 saturated heterocycles. The lowest BCUT2D eigenvalue weighted by atomic mass is 10.2. The van der Waals surface area contributed by atoms with Crippen LogP contribution in [0.25, 0.3) is 0 Å². The number of methoxy groups -OCH3 is 2. The molecule has 0 aliphatic heterocycles. The Hall–Kier alpha value is -1.95. The number of hydrogen-bond acceptors (Lipinski definition) is 4. The maximum atomic E-state index is 12.9. The standard InChI is InChI=1S/C11H14FN3O2/c1-16-6-10(17-2)15-11(14)7-3-4-8(12)9(13)5-7/h3-5,14H,6,13H2,1-2H3/b14-11?,15-10-. The van der Waals surface area contributed by atoms with Gasteiger partial charge in [-0.05, 0) is 18.2 Å². The molecular weight excluding hydrogens is 225 g/mol. The number of nitrogens with zero attached hydrogens (tertiary/aromatic N) is 1. The summed E-state index contributed by atoms with van der Waals surface area (Å²) in [5, 5.41) is 7.71. The SMILES string of the molecule is COC/C(=N/C(=N)c1ccc(F)c(N)c1)OC. The van der Waals surface area contributed by atoms with Crippen LogP contribution in [-0.4, -0.2) is 32.6 Å². The molecule has 1 aromatic rings. The second kappa shape index (κ2) is 5.95. The fraction of sp³-hybridized carbons (Fsp3) is 0.273. The van der Waals surface area contributed by atoms with Gasteiger partial charge >= 0.3 is 0 Å². The van der Waals surface area contributed by atoms with Crippen molar-refractivity contribution >= 4 is 17.4 Å². The quantitative estimate of drug-likeness (QED) is 0.475. The van der Waals surface area contributed by atoms with Crippen molar-refractivity contribution in [3.63, 3.8) is 0 Å². The Morgan fingerprint density at radius 1 is 1.47 bits per heavy atom. The Morgan fingerprint density at radius 3 is 2.71 bits per heavy atom. The Morgan fingerprint density at radius 2 is 2.18 bits per heavy atom. The molecule has 5 nitrogen and oxygen atoms in total. The highest BCUT2D eigenvalue weighted by Gasteiger charge is 2.06. The summed E-state index contributed by atoms with van der Waals surface area (Å²) in [5.74, 6) is -0.319. The number of halogens is 1. The molecule has 3 N–H and O–H groups in total. The van der Waals surface area contributed by atoms with E-state index in [-0.39, 0.29) is 24.0 Å². The molecule has 0 fully saturated rings. The molecule has 0 saturated carbocycles. The molecule has 0 aliphatic carbocycles. The van der Waals surface area contributed by atoms with Gasteiger partial charge in [-0.1, -0.05) is 0 Å². The fourth-order valence-corrected chi connectivity index (χ4v) is 1.14. The summed E-state index contributed by atoms with van der Waals surface area (Å²) in [6.45, 7) is 0.162. The van der Waals surface area contributed by atoms with Crippen LogP contribution in [0.5, 0.6) is 0 Å². The highest BCUT2D eigenvalue weighted by atomic mass is 19.1. The van der Waals surface area contributed by atoms with Crippen molar-refractivity contribution in [3.8, 4) is 0 Å². The van der Waals surface area contributed by atoms with Gasteiger partial charge in [0, 0.05) is 12.7 Å². The second-order valence-electron chi connectivity index (χ2n) is 3.23. The topological polar surface area (TPSA) is 80.7 Å². The fourth-order valence-electron chi connectivity index (χ4n) is 1.14. The first-order valence-corrected chi connectivity index (χ1v) is 4.83. The molecule has 6 heteroatoms. The van der Waals surface area contributed by atoms with Crippen LogP contribution in [0, 0.1) is 11.2 Å². The van der Waals surface area contributed by atoms with E-state index >= 15 is 0 Å². The number of hydrogen-bond donors (Lipinski definition) is 2. The molecule has 1 aromatic carbocycles. The summed E-state index contributed by atoms with van der Waals surface area (Å²) in [6, 6.07) is 3.97. The second-order valence-corrected chi connectivity index (χ2v) is 3.23. The maximum absolute atomic E-state index is 12.9.